The smallest absolute Gasteiger partial charge is 0.119 e. The molecule has 1 fully saturated rings. The zero-order valence-electron chi connectivity index (χ0n) is 10.9. The zero-order valence-corrected chi connectivity index (χ0v) is 10.9. The lowest BCUT2D eigenvalue weighted by Gasteiger charge is -2.36. The van der Waals surface area contributed by atoms with Crippen molar-refractivity contribution >= 4 is 0 Å². The SMILES string of the molecule is NCC1(CCCOc2ccccc2)CCOCC1. The van der Waals surface area contributed by atoms with E-state index in [-0.39, 0.29) is 5.41 Å². The van der Waals surface area contributed by atoms with Crippen LogP contribution < -0.4 is 10.5 Å². The predicted molar refractivity (Wildman–Crippen MR) is 72.7 cm³/mol. The standard InChI is InChI=1S/C15H23NO2/c16-13-15(8-11-17-12-9-15)7-4-10-18-14-5-2-1-3-6-14/h1-3,5-6H,4,7-13,16H2. The third-order valence-electron chi connectivity index (χ3n) is 3.85. The van der Waals surface area contributed by atoms with Gasteiger partial charge in [0.25, 0.3) is 0 Å². The van der Waals surface area contributed by atoms with Crippen molar-refractivity contribution in [1.82, 2.24) is 0 Å². The van der Waals surface area contributed by atoms with E-state index in [4.69, 9.17) is 15.2 Å². The van der Waals surface area contributed by atoms with E-state index in [9.17, 15) is 0 Å². The number of ether oxygens (including phenoxy) is 2. The van der Waals surface area contributed by atoms with Crippen molar-refractivity contribution in [2.45, 2.75) is 25.7 Å². The summed E-state index contributed by atoms with van der Waals surface area (Å²) in [5, 5.41) is 0. The van der Waals surface area contributed by atoms with Gasteiger partial charge in [0.1, 0.15) is 5.75 Å². The minimum Gasteiger partial charge on any atom is -0.494 e. The van der Waals surface area contributed by atoms with E-state index in [2.05, 4.69) is 0 Å². The molecule has 0 amide bonds. The summed E-state index contributed by atoms with van der Waals surface area (Å²) in [6.45, 7) is 3.25. The van der Waals surface area contributed by atoms with Crippen LogP contribution in [0, 0.1) is 5.41 Å². The van der Waals surface area contributed by atoms with Gasteiger partial charge >= 0.3 is 0 Å². The van der Waals surface area contributed by atoms with Crippen molar-refractivity contribution in [3.05, 3.63) is 30.3 Å². The summed E-state index contributed by atoms with van der Waals surface area (Å²) in [6, 6.07) is 9.98. The van der Waals surface area contributed by atoms with E-state index in [0.717, 1.165) is 57.8 Å². The molecule has 0 saturated carbocycles. The normalized spacial score (nSPS) is 18.5. The van der Waals surface area contributed by atoms with Crippen LogP contribution in [0.2, 0.25) is 0 Å². The molecule has 18 heavy (non-hydrogen) atoms. The number of rotatable bonds is 6. The molecule has 1 aliphatic rings. The number of benzene rings is 1. The fraction of sp³-hybridized carbons (Fsp3) is 0.600. The van der Waals surface area contributed by atoms with Crippen LogP contribution in [-0.4, -0.2) is 26.4 Å². The summed E-state index contributed by atoms with van der Waals surface area (Å²) in [7, 11) is 0. The summed E-state index contributed by atoms with van der Waals surface area (Å²) in [6.07, 6.45) is 4.38. The van der Waals surface area contributed by atoms with E-state index in [1.807, 2.05) is 30.3 Å². The van der Waals surface area contributed by atoms with Gasteiger partial charge in [-0.2, -0.15) is 0 Å². The quantitative estimate of drug-likeness (QED) is 0.788. The highest BCUT2D eigenvalue weighted by Gasteiger charge is 2.30. The van der Waals surface area contributed by atoms with Crippen LogP contribution in [-0.2, 0) is 4.74 Å². The monoisotopic (exact) mass is 249 g/mol. The Bertz CT molecular complexity index is 334. The van der Waals surface area contributed by atoms with Gasteiger partial charge in [0.15, 0.2) is 0 Å². The molecule has 0 unspecified atom stereocenters. The summed E-state index contributed by atoms with van der Waals surface area (Å²) in [4.78, 5) is 0. The van der Waals surface area contributed by atoms with Gasteiger partial charge in [0.05, 0.1) is 6.61 Å². The van der Waals surface area contributed by atoms with E-state index in [1.165, 1.54) is 0 Å². The van der Waals surface area contributed by atoms with Crippen molar-refractivity contribution in [2.75, 3.05) is 26.4 Å². The molecule has 2 N–H and O–H groups in total. The Hall–Kier alpha value is -1.06. The molecule has 0 aliphatic carbocycles. The minimum absolute atomic E-state index is 0.290. The molecule has 0 aromatic heterocycles. The molecule has 1 aliphatic heterocycles. The van der Waals surface area contributed by atoms with Crippen molar-refractivity contribution in [1.29, 1.82) is 0 Å². The highest BCUT2D eigenvalue weighted by Crippen LogP contribution is 2.34. The molecule has 0 spiro atoms. The summed E-state index contributed by atoms with van der Waals surface area (Å²) >= 11 is 0. The molecule has 2 rings (SSSR count). The lowest BCUT2D eigenvalue weighted by molar-refractivity contribution is 0.0121. The molecule has 0 bridgehead atoms. The molecule has 1 aromatic carbocycles. The molecule has 3 nitrogen and oxygen atoms in total. The second kappa shape index (κ2) is 6.76. The van der Waals surface area contributed by atoms with Gasteiger partial charge in [0, 0.05) is 13.2 Å². The molecule has 0 atom stereocenters. The third kappa shape index (κ3) is 3.72. The van der Waals surface area contributed by atoms with Gasteiger partial charge in [0.2, 0.25) is 0 Å². The molecule has 1 heterocycles. The average Bonchev–Trinajstić information content (AvgIpc) is 2.46. The second-order valence-corrected chi connectivity index (χ2v) is 5.08. The van der Waals surface area contributed by atoms with Gasteiger partial charge in [-0.3, -0.25) is 0 Å². The van der Waals surface area contributed by atoms with Crippen molar-refractivity contribution in [3.8, 4) is 5.75 Å². The Morgan fingerprint density at radius 1 is 1.17 bits per heavy atom. The minimum atomic E-state index is 0.290. The van der Waals surface area contributed by atoms with Gasteiger partial charge in [-0.25, -0.2) is 0 Å². The molecule has 0 radical (unpaired) electrons. The predicted octanol–water partition coefficient (Wildman–Crippen LogP) is 2.60. The first-order valence-corrected chi connectivity index (χ1v) is 6.80. The van der Waals surface area contributed by atoms with Crippen LogP contribution in [0.4, 0.5) is 0 Å². The summed E-state index contributed by atoms with van der Waals surface area (Å²) in [5.74, 6) is 0.950. The Morgan fingerprint density at radius 2 is 1.89 bits per heavy atom. The van der Waals surface area contributed by atoms with Crippen LogP contribution in [0.3, 0.4) is 0 Å². The van der Waals surface area contributed by atoms with E-state index in [0.29, 0.717) is 0 Å². The number of para-hydroxylation sites is 1. The Kier molecular flexibility index (Phi) is 5.02. The maximum absolute atomic E-state index is 5.94. The molecule has 100 valence electrons. The first-order chi connectivity index (χ1) is 8.85. The number of nitrogens with two attached hydrogens (primary N) is 1. The molecule has 3 heteroatoms. The zero-order chi connectivity index (χ0) is 12.7. The molecule has 1 saturated heterocycles. The van der Waals surface area contributed by atoms with Crippen LogP contribution in [0.15, 0.2) is 30.3 Å². The van der Waals surface area contributed by atoms with Gasteiger partial charge in [-0.05, 0) is 49.8 Å². The lowest BCUT2D eigenvalue weighted by Crippen LogP contribution is -2.36. The van der Waals surface area contributed by atoms with Gasteiger partial charge in [-0.15, -0.1) is 0 Å². The Morgan fingerprint density at radius 3 is 2.56 bits per heavy atom. The number of hydrogen-bond acceptors (Lipinski definition) is 3. The van der Waals surface area contributed by atoms with Gasteiger partial charge in [-0.1, -0.05) is 18.2 Å². The highest BCUT2D eigenvalue weighted by atomic mass is 16.5. The first kappa shape index (κ1) is 13.4. The summed E-state index contributed by atoms with van der Waals surface area (Å²) < 4.78 is 11.1. The molecule has 1 aromatic rings. The average molecular weight is 249 g/mol. The van der Waals surface area contributed by atoms with Crippen LogP contribution in [0.5, 0.6) is 5.75 Å². The first-order valence-electron chi connectivity index (χ1n) is 6.80. The lowest BCUT2D eigenvalue weighted by atomic mass is 9.76. The Labute approximate surface area is 109 Å². The van der Waals surface area contributed by atoms with E-state index < -0.39 is 0 Å². The van der Waals surface area contributed by atoms with Crippen molar-refractivity contribution in [3.63, 3.8) is 0 Å². The Balaban J connectivity index is 1.71. The highest BCUT2D eigenvalue weighted by molar-refractivity contribution is 5.20. The van der Waals surface area contributed by atoms with Crippen molar-refractivity contribution < 1.29 is 9.47 Å². The maximum atomic E-state index is 5.94. The second-order valence-electron chi connectivity index (χ2n) is 5.08. The fourth-order valence-electron chi connectivity index (χ4n) is 2.51. The molecular weight excluding hydrogens is 226 g/mol. The maximum Gasteiger partial charge on any atom is 0.119 e. The number of hydrogen-bond donors (Lipinski definition) is 1. The summed E-state index contributed by atoms with van der Waals surface area (Å²) in [5.41, 5.74) is 6.23. The van der Waals surface area contributed by atoms with Crippen molar-refractivity contribution in [2.24, 2.45) is 11.1 Å². The van der Waals surface area contributed by atoms with Crippen LogP contribution in [0.1, 0.15) is 25.7 Å². The largest absolute Gasteiger partial charge is 0.494 e. The van der Waals surface area contributed by atoms with E-state index >= 15 is 0 Å². The third-order valence-corrected chi connectivity index (χ3v) is 3.85. The fourth-order valence-corrected chi connectivity index (χ4v) is 2.51. The van der Waals surface area contributed by atoms with Crippen LogP contribution in [0.25, 0.3) is 0 Å². The molecular formula is C15H23NO2. The van der Waals surface area contributed by atoms with Crippen LogP contribution >= 0.6 is 0 Å². The van der Waals surface area contributed by atoms with Gasteiger partial charge < -0.3 is 15.2 Å². The topological polar surface area (TPSA) is 44.5 Å². The van der Waals surface area contributed by atoms with E-state index in [1.54, 1.807) is 0 Å².